The Balaban J connectivity index is 4.03. The van der Waals surface area contributed by atoms with Gasteiger partial charge in [0.2, 0.25) is 5.91 Å². The van der Waals surface area contributed by atoms with E-state index < -0.39 is 0 Å². The fourth-order valence-corrected chi connectivity index (χ4v) is 1.64. The number of amides is 1. The molecule has 0 spiro atoms. The summed E-state index contributed by atoms with van der Waals surface area (Å²) >= 11 is 4.85. The highest BCUT2D eigenvalue weighted by molar-refractivity contribution is 7.80. The van der Waals surface area contributed by atoms with Crippen molar-refractivity contribution in [3.8, 4) is 0 Å². The SMILES string of the molecule is CCCC(=O)N(CCCOC(C)C)CCC(N)=S. The maximum Gasteiger partial charge on any atom is 0.222 e. The molecule has 1 amide bonds. The first kappa shape index (κ1) is 17.3. The van der Waals surface area contributed by atoms with E-state index >= 15 is 0 Å². The summed E-state index contributed by atoms with van der Waals surface area (Å²) in [5.41, 5.74) is 5.48. The highest BCUT2D eigenvalue weighted by atomic mass is 32.1. The fraction of sp³-hybridized carbons (Fsp3) is 0.846. The first-order valence-electron chi connectivity index (χ1n) is 6.65. The van der Waals surface area contributed by atoms with Crippen LogP contribution in [-0.4, -0.2) is 41.6 Å². The minimum absolute atomic E-state index is 0.179. The summed E-state index contributed by atoms with van der Waals surface area (Å²) in [4.78, 5) is 14.2. The maximum atomic E-state index is 11.9. The van der Waals surface area contributed by atoms with Gasteiger partial charge in [-0.15, -0.1) is 0 Å². The van der Waals surface area contributed by atoms with Crippen molar-refractivity contribution in [2.45, 2.75) is 52.6 Å². The van der Waals surface area contributed by atoms with Crippen LogP contribution in [0.2, 0.25) is 0 Å². The monoisotopic (exact) mass is 274 g/mol. The standard InChI is InChI=1S/C13H26N2O2S/c1-4-6-13(16)15(9-7-12(14)18)8-5-10-17-11(2)3/h11H,4-10H2,1-3H3,(H2,14,18). The minimum atomic E-state index is 0.179. The summed E-state index contributed by atoms with van der Waals surface area (Å²) in [5.74, 6) is 0.179. The van der Waals surface area contributed by atoms with Crippen LogP contribution < -0.4 is 5.73 Å². The zero-order valence-corrected chi connectivity index (χ0v) is 12.6. The van der Waals surface area contributed by atoms with Crippen LogP contribution in [0.4, 0.5) is 0 Å². The molecule has 0 aliphatic heterocycles. The molecular weight excluding hydrogens is 248 g/mol. The summed E-state index contributed by atoms with van der Waals surface area (Å²) in [7, 11) is 0. The minimum Gasteiger partial charge on any atom is -0.393 e. The van der Waals surface area contributed by atoms with Gasteiger partial charge in [-0.25, -0.2) is 0 Å². The van der Waals surface area contributed by atoms with E-state index in [0.29, 0.717) is 37.5 Å². The molecule has 0 saturated heterocycles. The molecule has 0 aliphatic carbocycles. The van der Waals surface area contributed by atoms with E-state index in [1.807, 2.05) is 25.7 Å². The molecule has 0 unspecified atom stereocenters. The second-order valence-corrected chi connectivity index (χ2v) is 5.14. The van der Waals surface area contributed by atoms with Crippen molar-refractivity contribution in [1.29, 1.82) is 0 Å². The number of thiocarbonyl (C=S) groups is 1. The number of rotatable bonds is 10. The van der Waals surface area contributed by atoms with Gasteiger partial charge in [0, 0.05) is 32.5 Å². The quantitative estimate of drug-likeness (QED) is 0.490. The number of nitrogens with two attached hydrogens (primary N) is 1. The lowest BCUT2D eigenvalue weighted by atomic mass is 10.2. The molecule has 18 heavy (non-hydrogen) atoms. The molecule has 0 atom stereocenters. The van der Waals surface area contributed by atoms with Crippen LogP contribution in [0.3, 0.4) is 0 Å². The highest BCUT2D eigenvalue weighted by Crippen LogP contribution is 2.02. The fourth-order valence-electron chi connectivity index (χ4n) is 1.55. The normalized spacial score (nSPS) is 10.7. The molecule has 0 rings (SSSR count). The Morgan fingerprint density at radius 2 is 2.00 bits per heavy atom. The smallest absolute Gasteiger partial charge is 0.222 e. The Morgan fingerprint density at radius 3 is 2.50 bits per heavy atom. The number of hydrogen-bond acceptors (Lipinski definition) is 3. The lowest BCUT2D eigenvalue weighted by Gasteiger charge is -2.22. The predicted molar refractivity (Wildman–Crippen MR) is 78.6 cm³/mol. The second kappa shape index (κ2) is 10.3. The van der Waals surface area contributed by atoms with Crippen LogP contribution in [0.1, 0.15) is 46.5 Å². The molecule has 0 heterocycles. The van der Waals surface area contributed by atoms with Gasteiger partial charge in [0.25, 0.3) is 0 Å². The van der Waals surface area contributed by atoms with Crippen molar-refractivity contribution in [1.82, 2.24) is 4.90 Å². The van der Waals surface area contributed by atoms with Crippen molar-refractivity contribution in [2.24, 2.45) is 5.73 Å². The average molecular weight is 274 g/mol. The molecular formula is C13H26N2O2S. The van der Waals surface area contributed by atoms with Crippen LogP contribution in [0.15, 0.2) is 0 Å². The maximum absolute atomic E-state index is 11.9. The van der Waals surface area contributed by atoms with Crippen LogP contribution >= 0.6 is 12.2 Å². The van der Waals surface area contributed by atoms with Gasteiger partial charge in [-0.2, -0.15) is 0 Å². The van der Waals surface area contributed by atoms with E-state index in [2.05, 4.69) is 0 Å². The number of nitrogens with zero attached hydrogens (tertiary/aromatic N) is 1. The number of carbonyl (C=O) groups excluding carboxylic acids is 1. The van der Waals surface area contributed by atoms with Crippen molar-refractivity contribution in [2.75, 3.05) is 19.7 Å². The Labute approximate surface area is 116 Å². The summed E-state index contributed by atoms with van der Waals surface area (Å²) in [6.45, 7) is 8.04. The third kappa shape index (κ3) is 9.36. The van der Waals surface area contributed by atoms with Crippen molar-refractivity contribution >= 4 is 23.1 Å². The molecule has 5 heteroatoms. The zero-order chi connectivity index (χ0) is 14.0. The predicted octanol–water partition coefficient (Wildman–Crippen LogP) is 2.11. The molecule has 0 fully saturated rings. The Morgan fingerprint density at radius 1 is 1.33 bits per heavy atom. The third-order valence-corrected chi connectivity index (χ3v) is 2.67. The van der Waals surface area contributed by atoms with E-state index in [1.165, 1.54) is 0 Å². The molecule has 0 saturated carbocycles. The van der Waals surface area contributed by atoms with Gasteiger partial charge in [-0.3, -0.25) is 4.79 Å². The van der Waals surface area contributed by atoms with Crippen molar-refractivity contribution in [3.05, 3.63) is 0 Å². The van der Waals surface area contributed by atoms with Crippen molar-refractivity contribution in [3.63, 3.8) is 0 Å². The van der Waals surface area contributed by atoms with Gasteiger partial charge in [0.05, 0.1) is 11.1 Å². The molecule has 0 aromatic carbocycles. The van der Waals surface area contributed by atoms with Gasteiger partial charge in [0.1, 0.15) is 0 Å². The molecule has 106 valence electrons. The van der Waals surface area contributed by atoms with E-state index in [9.17, 15) is 4.79 Å². The zero-order valence-electron chi connectivity index (χ0n) is 11.8. The summed E-state index contributed by atoms with van der Waals surface area (Å²) < 4.78 is 5.47. The van der Waals surface area contributed by atoms with Gasteiger partial charge >= 0.3 is 0 Å². The summed E-state index contributed by atoms with van der Waals surface area (Å²) in [5, 5.41) is 0. The number of hydrogen-bond donors (Lipinski definition) is 1. The van der Waals surface area contributed by atoms with Gasteiger partial charge < -0.3 is 15.4 Å². The number of carbonyl (C=O) groups is 1. The van der Waals surface area contributed by atoms with Gasteiger partial charge in [0.15, 0.2) is 0 Å². The summed E-state index contributed by atoms with van der Waals surface area (Å²) in [6.07, 6.45) is 3.13. The molecule has 2 N–H and O–H groups in total. The molecule has 0 aliphatic rings. The van der Waals surface area contributed by atoms with Crippen LogP contribution in [0, 0.1) is 0 Å². The van der Waals surface area contributed by atoms with Gasteiger partial charge in [-0.05, 0) is 26.7 Å². The topological polar surface area (TPSA) is 55.6 Å². The van der Waals surface area contributed by atoms with E-state index in [-0.39, 0.29) is 12.0 Å². The van der Waals surface area contributed by atoms with Gasteiger partial charge in [-0.1, -0.05) is 19.1 Å². The third-order valence-electron chi connectivity index (χ3n) is 2.47. The summed E-state index contributed by atoms with van der Waals surface area (Å²) in [6, 6.07) is 0. The van der Waals surface area contributed by atoms with Crippen LogP contribution in [-0.2, 0) is 9.53 Å². The van der Waals surface area contributed by atoms with Crippen LogP contribution in [0.25, 0.3) is 0 Å². The molecule has 0 radical (unpaired) electrons. The van der Waals surface area contributed by atoms with Crippen LogP contribution in [0.5, 0.6) is 0 Å². The second-order valence-electron chi connectivity index (χ2n) is 4.62. The Hall–Kier alpha value is -0.680. The number of ether oxygens (including phenoxy) is 1. The van der Waals surface area contributed by atoms with E-state index in [0.717, 1.165) is 12.8 Å². The first-order valence-corrected chi connectivity index (χ1v) is 7.05. The Bertz CT molecular complexity index is 257. The molecule has 4 nitrogen and oxygen atoms in total. The van der Waals surface area contributed by atoms with Crippen molar-refractivity contribution < 1.29 is 9.53 Å². The highest BCUT2D eigenvalue weighted by Gasteiger charge is 2.12. The Kier molecular flexibility index (Phi) is 9.87. The molecule has 0 bridgehead atoms. The lowest BCUT2D eigenvalue weighted by Crippen LogP contribution is -2.35. The first-order chi connectivity index (χ1) is 8.47. The molecule has 0 aromatic rings. The lowest BCUT2D eigenvalue weighted by molar-refractivity contribution is -0.131. The van der Waals surface area contributed by atoms with E-state index in [4.69, 9.17) is 22.7 Å². The van der Waals surface area contributed by atoms with E-state index in [1.54, 1.807) is 0 Å². The average Bonchev–Trinajstić information content (AvgIpc) is 2.27. The largest absolute Gasteiger partial charge is 0.393 e. The molecule has 0 aromatic heterocycles.